The van der Waals surface area contributed by atoms with Crippen molar-refractivity contribution in [3.8, 4) is 0 Å². The van der Waals surface area contributed by atoms with E-state index in [1.807, 2.05) is 0 Å². The largest absolute Gasteiger partial charge is 0.416 e. The van der Waals surface area contributed by atoms with Crippen LogP contribution < -0.4 is 5.48 Å². The highest BCUT2D eigenvalue weighted by Gasteiger charge is 2.30. The molecule has 0 radical (unpaired) electrons. The Bertz CT molecular complexity index is 1200. The second-order valence-corrected chi connectivity index (χ2v) is 9.05. The summed E-state index contributed by atoms with van der Waals surface area (Å²) in [5.74, 6) is 0.968. The Morgan fingerprint density at radius 2 is 1.94 bits per heavy atom. The van der Waals surface area contributed by atoms with Gasteiger partial charge in [0.2, 0.25) is 0 Å². The predicted octanol–water partition coefficient (Wildman–Crippen LogP) is 5.46. The zero-order valence-corrected chi connectivity index (χ0v) is 19.2. The van der Waals surface area contributed by atoms with E-state index in [4.69, 9.17) is 9.83 Å². The number of amidine groups is 1. The van der Waals surface area contributed by atoms with Crippen molar-refractivity contribution in [1.29, 1.82) is 0 Å². The molecule has 3 aromatic rings. The normalized spacial score (nSPS) is 16.3. The number of hydroxylamine groups is 1. The van der Waals surface area contributed by atoms with Crippen LogP contribution in [0.2, 0.25) is 0 Å². The third-order valence-corrected chi connectivity index (χ3v) is 6.21. The summed E-state index contributed by atoms with van der Waals surface area (Å²) in [5.41, 5.74) is 6.22. The topological polar surface area (TPSA) is 59.4 Å². The van der Waals surface area contributed by atoms with E-state index in [9.17, 15) is 13.2 Å². The van der Waals surface area contributed by atoms with Gasteiger partial charge < -0.3 is 0 Å². The molecule has 1 N–H and O–H groups in total. The van der Waals surface area contributed by atoms with Crippen LogP contribution in [0, 0.1) is 20.8 Å². The summed E-state index contributed by atoms with van der Waals surface area (Å²) in [6.45, 7) is 6.28. The van der Waals surface area contributed by atoms with Gasteiger partial charge in [-0.2, -0.15) is 13.2 Å². The first-order valence-corrected chi connectivity index (χ1v) is 11.2. The summed E-state index contributed by atoms with van der Waals surface area (Å²) in [6, 6.07) is 11.4. The van der Waals surface area contributed by atoms with E-state index in [-0.39, 0.29) is 6.04 Å². The molecule has 2 heterocycles. The van der Waals surface area contributed by atoms with Gasteiger partial charge in [0.15, 0.2) is 5.84 Å². The van der Waals surface area contributed by atoms with Gasteiger partial charge in [0.1, 0.15) is 11.5 Å². The Balaban J connectivity index is 1.62. The molecule has 0 saturated heterocycles. The van der Waals surface area contributed by atoms with E-state index in [1.54, 1.807) is 19.2 Å². The van der Waals surface area contributed by atoms with E-state index in [2.05, 4.69) is 47.5 Å². The molecule has 9 heteroatoms. The highest BCUT2D eigenvalue weighted by atomic mass is 32.2. The maximum atomic E-state index is 13.1. The van der Waals surface area contributed by atoms with Gasteiger partial charge in [-0.1, -0.05) is 41.6 Å². The van der Waals surface area contributed by atoms with Crippen molar-refractivity contribution in [2.75, 3.05) is 6.61 Å². The second kappa shape index (κ2) is 9.52. The van der Waals surface area contributed by atoms with Gasteiger partial charge in [-0.05, 0) is 56.5 Å². The number of alkyl halides is 3. The molecular formula is C24H23F3N4OS. The second-order valence-electron chi connectivity index (χ2n) is 7.94. The van der Waals surface area contributed by atoms with Gasteiger partial charge >= 0.3 is 6.18 Å². The average molecular weight is 473 g/mol. The van der Waals surface area contributed by atoms with Crippen LogP contribution in [0.3, 0.4) is 0 Å². The highest BCUT2D eigenvalue weighted by Crippen LogP contribution is 2.35. The number of hydrogen-bond donors (Lipinski definition) is 1. The van der Waals surface area contributed by atoms with Crippen molar-refractivity contribution in [2.24, 2.45) is 4.99 Å². The monoisotopic (exact) mass is 472 g/mol. The lowest BCUT2D eigenvalue weighted by molar-refractivity contribution is -0.137. The first-order chi connectivity index (χ1) is 15.7. The highest BCUT2D eigenvalue weighted by molar-refractivity contribution is 7.99. The van der Waals surface area contributed by atoms with Crippen LogP contribution >= 0.6 is 11.8 Å². The van der Waals surface area contributed by atoms with Crippen LogP contribution in [0.15, 0.2) is 63.4 Å². The summed E-state index contributed by atoms with van der Waals surface area (Å²) in [6.07, 6.45) is -2.11. The van der Waals surface area contributed by atoms with Crippen LogP contribution in [0.1, 0.15) is 33.8 Å². The fourth-order valence-electron chi connectivity index (χ4n) is 3.56. The number of aliphatic imine (C=N–C) groups is 1. The fraction of sp³-hybridized carbons (Fsp3) is 0.292. The molecule has 0 bridgehead atoms. The molecule has 2 aromatic carbocycles. The molecule has 1 aromatic heterocycles. The quantitative estimate of drug-likeness (QED) is 0.534. The zero-order valence-electron chi connectivity index (χ0n) is 18.4. The summed E-state index contributed by atoms with van der Waals surface area (Å²) in [4.78, 5) is 20.2. The van der Waals surface area contributed by atoms with Crippen LogP contribution in [0.25, 0.3) is 0 Å². The Morgan fingerprint density at radius 3 is 2.70 bits per heavy atom. The lowest BCUT2D eigenvalue weighted by atomic mass is 9.99. The van der Waals surface area contributed by atoms with Crippen molar-refractivity contribution in [2.45, 2.75) is 49.2 Å². The minimum atomic E-state index is -4.41. The van der Waals surface area contributed by atoms with E-state index < -0.39 is 11.7 Å². The third kappa shape index (κ3) is 5.72. The van der Waals surface area contributed by atoms with Crippen molar-refractivity contribution >= 4 is 17.6 Å². The van der Waals surface area contributed by atoms with Crippen LogP contribution in [-0.2, 0) is 17.4 Å². The Hall–Kier alpha value is -2.91. The van der Waals surface area contributed by atoms with Crippen molar-refractivity contribution in [1.82, 2.24) is 15.4 Å². The molecule has 1 aliphatic heterocycles. The van der Waals surface area contributed by atoms with E-state index >= 15 is 0 Å². The van der Waals surface area contributed by atoms with Gasteiger partial charge in [0, 0.05) is 11.1 Å². The van der Waals surface area contributed by atoms with Crippen LogP contribution in [0.4, 0.5) is 13.2 Å². The zero-order chi connectivity index (χ0) is 23.6. The third-order valence-electron chi connectivity index (χ3n) is 5.20. The number of hydrogen-bond acceptors (Lipinski definition) is 6. The number of aromatic nitrogens is 2. The minimum absolute atomic E-state index is 0.121. The molecule has 1 aliphatic rings. The van der Waals surface area contributed by atoms with Crippen molar-refractivity contribution in [3.63, 3.8) is 0 Å². The van der Waals surface area contributed by atoms with Gasteiger partial charge in [-0.15, -0.1) is 0 Å². The summed E-state index contributed by atoms with van der Waals surface area (Å²) >= 11 is 1.15. The number of aryl methyl sites for hydroxylation is 3. The van der Waals surface area contributed by atoms with E-state index in [1.165, 1.54) is 22.8 Å². The number of halogens is 3. The molecule has 0 amide bonds. The Morgan fingerprint density at radius 1 is 1.12 bits per heavy atom. The van der Waals surface area contributed by atoms with Crippen LogP contribution in [0.5, 0.6) is 0 Å². The number of rotatable bonds is 5. The van der Waals surface area contributed by atoms with Gasteiger partial charge in [-0.3, -0.25) is 9.83 Å². The first kappa shape index (κ1) is 23.3. The minimum Gasteiger partial charge on any atom is -0.272 e. The summed E-state index contributed by atoms with van der Waals surface area (Å²) < 4.78 is 39.4. The smallest absolute Gasteiger partial charge is 0.272 e. The first-order valence-electron chi connectivity index (χ1n) is 10.4. The van der Waals surface area contributed by atoms with E-state index in [0.717, 1.165) is 23.9 Å². The molecule has 0 unspecified atom stereocenters. The summed E-state index contributed by atoms with van der Waals surface area (Å²) in [5, 5.41) is 0. The Kier molecular flexibility index (Phi) is 6.71. The van der Waals surface area contributed by atoms with Crippen molar-refractivity contribution < 1.29 is 18.0 Å². The number of benzene rings is 2. The van der Waals surface area contributed by atoms with Gasteiger partial charge in [0.05, 0.1) is 23.1 Å². The molecule has 33 heavy (non-hydrogen) atoms. The fourth-order valence-corrected chi connectivity index (χ4v) is 4.49. The maximum Gasteiger partial charge on any atom is 0.416 e. The average Bonchev–Trinajstić information content (AvgIpc) is 2.77. The summed E-state index contributed by atoms with van der Waals surface area (Å²) in [7, 11) is 0. The predicted molar refractivity (Wildman–Crippen MR) is 121 cm³/mol. The number of nitrogens with zero attached hydrogens (tertiary/aromatic N) is 3. The molecule has 172 valence electrons. The molecule has 0 saturated carbocycles. The molecule has 1 atom stereocenters. The van der Waals surface area contributed by atoms with Gasteiger partial charge in [0.25, 0.3) is 0 Å². The SMILES string of the molecule is Cc1ccc(C[C@H]2CONC(c3nc(C)ncc3Sc3cccc(C(F)(F)F)c3)=N2)c(C)c1. The Labute approximate surface area is 194 Å². The number of nitrogens with one attached hydrogen (secondary N) is 1. The molecule has 4 rings (SSSR count). The van der Waals surface area contributed by atoms with Gasteiger partial charge in [-0.25, -0.2) is 15.4 Å². The molecule has 0 spiro atoms. The standard InChI is InChI=1S/C24H23F3N4OS/c1-14-7-8-17(15(2)9-14)10-19-13-32-31-23(30-19)22-21(12-28-16(3)29-22)33-20-6-4-5-18(11-20)24(25,26)27/h4-9,11-12,19H,10,13H2,1-3H3,(H,30,31)/t19-/m0/s1. The lowest BCUT2D eigenvalue weighted by Crippen LogP contribution is -2.37. The molecule has 0 aliphatic carbocycles. The van der Waals surface area contributed by atoms with Crippen LogP contribution in [-0.4, -0.2) is 28.5 Å². The molecule has 5 nitrogen and oxygen atoms in total. The maximum absolute atomic E-state index is 13.1. The molecule has 0 fully saturated rings. The van der Waals surface area contributed by atoms with Crippen molar-refractivity contribution in [3.05, 3.63) is 82.4 Å². The molecular weight excluding hydrogens is 449 g/mol. The lowest BCUT2D eigenvalue weighted by Gasteiger charge is -2.23. The van der Waals surface area contributed by atoms with E-state index in [0.29, 0.717) is 40.2 Å².